The third-order valence-electron chi connectivity index (χ3n) is 3.53. The lowest BCUT2D eigenvalue weighted by Gasteiger charge is -2.10. The molecule has 0 amide bonds. The molecule has 5 nitrogen and oxygen atoms in total. The fourth-order valence-electron chi connectivity index (χ4n) is 2.34. The predicted octanol–water partition coefficient (Wildman–Crippen LogP) is 4.36. The van der Waals surface area contributed by atoms with Gasteiger partial charge in [0, 0.05) is 30.2 Å². The summed E-state index contributed by atoms with van der Waals surface area (Å²) >= 11 is 1.05. The molecule has 0 unspecified atom stereocenters. The van der Waals surface area contributed by atoms with Crippen LogP contribution in [0.5, 0.6) is 0 Å². The Morgan fingerprint density at radius 3 is 2.58 bits per heavy atom. The average Bonchev–Trinajstić information content (AvgIpc) is 3.05. The number of halogens is 3. The number of imidazole rings is 1. The van der Waals surface area contributed by atoms with Crippen molar-refractivity contribution in [2.75, 3.05) is 0 Å². The molecule has 0 fully saturated rings. The Labute approximate surface area is 150 Å². The zero-order chi connectivity index (χ0) is 18.1. The number of alkyl halides is 3. The van der Waals surface area contributed by atoms with Gasteiger partial charge >= 0.3 is 6.18 Å². The van der Waals surface area contributed by atoms with Gasteiger partial charge in [0.15, 0.2) is 11.0 Å². The van der Waals surface area contributed by atoms with Crippen LogP contribution in [0.3, 0.4) is 0 Å². The van der Waals surface area contributed by atoms with E-state index in [9.17, 15) is 13.2 Å². The Bertz CT molecular complexity index is 1060. The second kappa shape index (κ2) is 6.41. The van der Waals surface area contributed by atoms with E-state index in [4.69, 9.17) is 0 Å². The van der Waals surface area contributed by atoms with Crippen LogP contribution < -0.4 is 0 Å². The molecule has 0 aliphatic heterocycles. The maximum atomic E-state index is 13.3. The molecule has 4 heterocycles. The van der Waals surface area contributed by atoms with E-state index in [0.717, 1.165) is 23.3 Å². The van der Waals surface area contributed by atoms with Gasteiger partial charge in [-0.3, -0.25) is 9.38 Å². The summed E-state index contributed by atoms with van der Waals surface area (Å²) in [5.74, 6) is -0.00872. The summed E-state index contributed by atoms with van der Waals surface area (Å²) in [6.45, 7) is 0. The summed E-state index contributed by atoms with van der Waals surface area (Å²) in [6, 6.07) is 9.60. The molecule has 4 rings (SSSR count). The van der Waals surface area contributed by atoms with Crippen LogP contribution in [0.25, 0.3) is 16.9 Å². The Morgan fingerprint density at radius 2 is 1.81 bits per heavy atom. The lowest BCUT2D eigenvalue weighted by Crippen LogP contribution is -2.10. The van der Waals surface area contributed by atoms with Gasteiger partial charge in [0.25, 0.3) is 0 Å². The largest absolute Gasteiger partial charge is 0.433 e. The first kappa shape index (κ1) is 16.5. The highest BCUT2D eigenvalue weighted by atomic mass is 32.2. The number of pyridine rings is 2. The lowest BCUT2D eigenvalue weighted by molar-refractivity contribution is -0.141. The molecule has 0 aliphatic carbocycles. The van der Waals surface area contributed by atoms with Crippen molar-refractivity contribution in [3.8, 4) is 11.4 Å². The van der Waals surface area contributed by atoms with Crippen molar-refractivity contribution in [3.63, 3.8) is 0 Å². The highest BCUT2D eigenvalue weighted by Crippen LogP contribution is 2.34. The van der Waals surface area contributed by atoms with Crippen molar-refractivity contribution in [1.82, 2.24) is 24.3 Å². The second-order valence-corrected chi connectivity index (χ2v) is 6.27. The van der Waals surface area contributed by atoms with E-state index in [1.165, 1.54) is 12.4 Å². The summed E-state index contributed by atoms with van der Waals surface area (Å²) in [7, 11) is 0. The fourth-order valence-corrected chi connectivity index (χ4v) is 3.20. The third-order valence-corrected chi connectivity index (χ3v) is 4.44. The number of aromatic nitrogens is 5. The van der Waals surface area contributed by atoms with E-state index in [1.807, 2.05) is 18.2 Å². The minimum Gasteiger partial charge on any atom is -0.295 e. The molecule has 130 valence electrons. The van der Waals surface area contributed by atoms with Crippen LogP contribution in [0.2, 0.25) is 0 Å². The normalized spacial score (nSPS) is 11.8. The maximum Gasteiger partial charge on any atom is 0.433 e. The van der Waals surface area contributed by atoms with Crippen LogP contribution >= 0.6 is 11.8 Å². The Kier molecular flexibility index (Phi) is 4.08. The van der Waals surface area contributed by atoms with Crippen molar-refractivity contribution >= 4 is 17.3 Å². The standard InChI is InChI=1S/C17H10F3N5S/c18-17(19,20)13-9-14(24-15(23-13)11-4-6-21-7-5-11)26-16-22-10-12-3-1-2-8-25(12)16/h1-10H. The smallest absolute Gasteiger partial charge is 0.295 e. The number of nitrogens with zero attached hydrogens (tertiary/aromatic N) is 5. The average molecular weight is 373 g/mol. The highest BCUT2D eigenvalue weighted by Gasteiger charge is 2.34. The van der Waals surface area contributed by atoms with Crippen LogP contribution in [0, 0.1) is 0 Å². The topological polar surface area (TPSA) is 56.0 Å². The number of rotatable bonds is 3. The van der Waals surface area contributed by atoms with E-state index in [-0.39, 0.29) is 10.9 Å². The molecule has 0 spiro atoms. The van der Waals surface area contributed by atoms with Gasteiger partial charge in [0.05, 0.1) is 11.7 Å². The monoisotopic (exact) mass is 373 g/mol. The summed E-state index contributed by atoms with van der Waals surface area (Å²) in [4.78, 5) is 16.1. The van der Waals surface area contributed by atoms with E-state index >= 15 is 0 Å². The molecular weight excluding hydrogens is 363 g/mol. The molecule has 0 N–H and O–H groups in total. The minimum absolute atomic E-state index is 0.00872. The zero-order valence-corrected chi connectivity index (χ0v) is 13.9. The summed E-state index contributed by atoms with van der Waals surface area (Å²) in [6.07, 6.45) is 1.83. The Balaban J connectivity index is 1.80. The first-order chi connectivity index (χ1) is 12.5. The molecule has 4 aromatic heterocycles. The molecule has 0 aliphatic rings. The van der Waals surface area contributed by atoms with Crippen LogP contribution in [0.1, 0.15) is 5.69 Å². The first-order valence-electron chi connectivity index (χ1n) is 7.47. The van der Waals surface area contributed by atoms with Gasteiger partial charge in [-0.25, -0.2) is 15.0 Å². The van der Waals surface area contributed by atoms with Crippen molar-refractivity contribution in [2.45, 2.75) is 16.4 Å². The molecule has 9 heteroatoms. The quantitative estimate of drug-likeness (QED) is 0.500. The molecule has 4 aromatic rings. The van der Waals surface area contributed by atoms with Crippen molar-refractivity contribution in [1.29, 1.82) is 0 Å². The number of hydrogen-bond donors (Lipinski definition) is 0. The highest BCUT2D eigenvalue weighted by molar-refractivity contribution is 7.99. The molecule has 0 bridgehead atoms. The Morgan fingerprint density at radius 1 is 1.00 bits per heavy atom. The van der Waals surface area contributed by atoms with E-state index in [1.54, 1.807) is 28.9 Å². The van der Waals surface area contributed by atoms with Gasteiger partial charge in [0.2, 0.25) is 0 Å². The predicted molar refractivity (Wildman–Crippen MR) is 89.6 cm³/mol. The third kappa shape index (κ3) is 3.25. The van der Waals surface area contributed by atoms with Crippen LogP contribution in [0.15, 0.2) is 71.4 Å². The second-order valence-electron chi connectivity index (χ2n) is 5.29. The summed E-state index contributed by atoms with van der Waals surface area (Å²) < 4.78 is 41.6. The van der Waals surface area contributed by atoms with Gasteiger partial charge in [-0.1, -0.05) is 6.07 Å². The lowest BCUT2D eigenvalue weighted by atomic mass is 10.2. The molecule has 0 aromatic carbocycles. The van der Waals surface area contributed by atoms with Crippen LogP contribution in [-0.4, -0.2) is 24.3 Å². The molecule has 26 heavy (non-hydrogen) atoms. The van der Waals surface area contributed by atoms with Crippen molar-refractivity contribution in [3.05, 3.63) is 66.9 Å². The van der Waals surface area contributed by atoms with Gasteiger partial charge in [-0.05, 0) is 36.0 Å². The van der Waals surface area contributed by atoms with Gasteiger partial charge < -0.3 is 0 Å². The molecule has 0 saturated heterocycles. The van der Waals surface area contributed by atoms with Gasteiger partial charge in [-0.15, -0.1) is 0 Å². The maximum absolute atomic E-state index is 13.3. The van der Waals surface area contributed by atoms with Gasteiger partial charge in [0.1, 0.15) is 10.7 Å². The summed E-state index contributed by atoms with van der Waals surface area (Å²) in [5, 5.41) is 0.684. The summed E-state index contributed by atoms with van der Waals surface area (Å²) in [5.41, 5.74) is 0.304. The first-order valence-corrected chi connectivity index (χ1v) is 8.29. The van der Waals surface area contributed by atoms with E-state index < -0.39 is 11.9 Å². The number of fused-ring (bicyclic) bond motifs is 1. The van der Waals surface area contributed by atoms with Crippen LogP contribution in [0.4, 0.5) is 13.2 Å². The minimum atomic E-state index is -4.57. The SMILES string of the molecule is FC(F)(F)c1cc(Sc2ncc3ccccn23)nc(-c2ccncc2)n1. The van der Waals surface area contributed by atoms with Gasteiger partial charge in [-0.2, -0.15) is 13.2 Å². The molecule has 0 atom stereocenters. The van der Waals surface area contributed by atoms with Crippen LogP contribution in [-0.2, 0) is 6.18 Å². The van der Waals surface area contributed by atoms with E-state index in [2.05, 4.69) is 19.9 Å². The van der Waals surface area contributed by atoms with Crippen molar-refractivity contribution < 1.29 is 13.2 Å². The fraction of sp³-hybridized carbons (Fsp3) is 0.0588. The van der Waals surface area contributed by atoms with E-state index in [0.29, 0.717) is 10.7 Å². The zero-order valence-electron chi connectivity index (χ0n) is 13.1. The number of hydrogen-bond acceptors (Lipinski definition) is 5. The van der Waals surface area contributed by atoms with Crippen molar-refractivity contribution in [2.24, 2.45) is 0 Å². The molecule has 0 saturated carbocycles. The molecule has 0 radical (unpaired) electrons. The molecular formula is C17H10F3N5S. The Hall–Kier alpha value is -2.94.